The van der Waals surface area contributed by atoms with Crippen LogP contribution in [0.4, 0.5) is 0 Å². The number of nitrogens with zero attached hydrogens (tertiary/aromatic N) is 3. The first-order valence-corrected chi connectivity index (χ1v) is 8.70. The Morgan fingerprint density at radius 1 is 0.962 bits per heavy atom. The Labute approximate surface area is 153 Å². The predicted molar refractivity (Wildman–Crippen MR) is 102 cm³/mol. The summed E-state index contributed by atoms with van der Waals surface area (Å²) < 4.78 is 5.78. The molecule has 3 rings (SSSR count). The van der Waals surface area contributed by atoms with Gasteiger partial charge in [0.2, 0.25) is 11.8 Å². The van der Waals surface area contributed by atoms with E-state index < -0.39 is 0 Å². The van der Waals surface area contributed by atoms with Gasteiger partial charge >= 0.3 is 0 Å². The molecule has 5 heteroatoms. The smallest absolute Gasteiger partial charge is 0.253 e. The lowest BCUT2D eigenvalue weighted by molar-refractivity contribution is 0.0779. The highest BCUT2D eigenvalue weighted by molar-refractivity contribution is 5.94. The first-order valence-electron chi connectivity index (χ1n) is 8.70. The van der Waals surface area contributed by atoms with Crippen LogP contribution in [0.3, 0.4) is 0 Å². The molecule has 0 unspecified atom stereocenters. The molecule has 0 fully saturated rings. The van der Waals surface area contributed by atoms with Crippen molar-refractivity contribution in [1.29, 1.82) is 0 Å². The van der Waals surface area contributed by atoms with Crippen LogP contribution in [0, 0.1) is 12.8 Å². The van der Waals surface area contributed by atoms with Crippen molar-refractivity contribution in [2.75, 3.05) is 13.6 Å². The molecule has 1 aromatic heterocycles. The van der Waals surface area contributed by atoms with Gasteiger partial charge in [0.05, 0.1) is 0 Å². The molecule has 0 radical (unpaired) electrons. The van der Waals surface area contributed by atoms with E-state index in [2.05, 4.69) is 24.0 Å². The second-order valence-corrected chi connectivity index (χ2v) is 6.94. The molecule has 134 valence electrons. The van der Waals surface area contributed by atoms with Crippen molar-refractivity contribution in [3.63, 3.8) is 0 Å². The van der Waals surface area contributed by atoms with Gasteiger partial charge in [0, 0.05) is 30.3 Å². The van der Waals surface area contributed by atoms with E-state index in [0.717, 1.165) is 17.7 Å². The molecule has 0 aliphatic rings. The highest BCUT2D eigenvalue weighted by Crippen LogP contribution is 2.24. The van der Waals surface area contributed by atoms with Gasteiger partial charge in [-0.05, 0) is 49.2 Å². The highest BCUT2D eigenvalue weighted by Gasteiger charge is 2.14. The fourth-order valence-corrected chi connectivity index (χ4v) is 2.76. The number of carbonyl (C=O) groups excluding carboxylic acids is 1. The molecular weight excluding hydrogens is 326 g/mol. The van der Waals surface area contributed by atoms with Crippen LogP contribution in [0.15, 0.2) is 52.9 Å². The van der Waals surface area contributed by atoms with Gasteiger partial charge in [0.15, 0.2) is 0 Å². The van der Waals surface area contributed by atoms with E-state index in [1.54, 1.807) is 17.0 Å². The molecule has 0 spiro atoms. The number of carbonyl (C=O) groups is 1. The zero-order valence-corrected chi connectivity index (χ0v) is 15.6. The van der Waals surface area contributed by atoms with Crippen molar-refractivity contribution in [3.05, 3.63) is 59.7 Å². The topological polar surface area (TPSA) is 59.2 Å². The highest BCUT2D eigenvalue weighted by atomic mass is 16.4. The second kappa shape index (κ2) is 7.52. The first-order chi connectivity index (χ1) is 12.4. The maximum absolute atomic E-state index is 12.4. The summed E-state index contributed by atoms with van der Waals surface area (Å²) in [6.45, 7) is 6.94. The molecule has 1 heterocycles. The molecular formula is C21H23N3O2. The first kappa shape index (κ1) is 17.9. The number of aromatic nitrogens is 2. The molecule has 1 amide bonds. The molecule has 0 N–H and O–H groups in total. The van der Waals surface area contributed by atoms with E-state index in [4.69, 9.17) is 4.42 Å². The lowest BCUT2D eigenvalue weighted by Crippen LogP contribution is -2.30. The summed E-state index contributed by atoms with van der Waals surface area (Å²) >= 11 is 0. The zero-order chi connectivity index (χ0) is 18.7. The molecule has 0 aliphatic carbocycles. The van der Waals surface area contributed by atoms with Gasteiger partial charge in [0.25, 0.3) is 5.91 Å². The van der Waals surface area contributed by atoms with Crippen LogP contribution in [-0.2, 0) is 0 Å². The Morgan fingerprint density at radius 3 is 1.96 bits per heavy atom. The minimum Gasteiger partial charge on any atom is -0.416 e. The fraction of sp³-hybridized carbons (Fsp3) is 0.286. The Hall–Kier alpha value is -2.95. The minimum absolute atomic E-state index is 0.0103. The molecule has 26 heavy (non-hydrogen) atoms. The maximum Gasteiger partial charge on any atom is 0.253 e. The van der Waals surface area contributed by atoms with Gasteiger partial charge in [-0.1, -0.05) is 31.5 Å². The van der Waals surface area contributed by atoms with Crippen LogP contribution in [0.5, 0.6) is 0 Å². The van der Waals surface area contributed by atoms with E-state index >= 15 is 0 Å². The SMILES string of the molecule is Cc1ccc(-c2nnc(-c3ccc(C(=O)N(C)CC(C)C)cc3)o2)cc1. The number of rotatable bonds is 5. The largest absolute Gasteiger partial charge is 0.416 e. The molecule has 0 atom stereocenters. The number of amides is 1. The van der Waals surface area contributed by atoms with E-state index in [1.807, 2.05) is 50.4 Å². The Balaban J connectivity index is 1.77. The quantitative estimate of drug-likeness (QED) is 0.683. The van der Waals surface area contributed by atoms with Crippen LogP contribution in [0.2, 0.25) is 0 Å². The summed E-state index contributed by atoms with van der Waals surface area (Å²) in [5.41, 5.74) is 3.50. The molecule has 0 aliphatic heterocycles. The summed E-state index contributed by atoms with van der Waals surface area (Å²) in [6, 6.07) is 15.2. The average molecular weight is 349 g/mol. The van der Waals surface area contributed by atoms with E-state index in [9.17, 15) is 4.79 Å². The van der Waals surface area contributed by atoms with Crippen molar-refractivity contribution in [3.8, 4) is 22.9 Å². The Kier molecular flexibility index (Phi) is 5.16. The van der Waals surface area contributed by atoms with Crippen molar-refractivity contribution in [2.24, 2.45) is 5.92 Å². The zero-order valence-electron chi connectivity index (χ0n) is 15.6. The van der Waals surface area contributed by atoms with E-state index in [1.165, 1.54) is 5.56 Å². The van der Waals surface area contributed by atoms with Gasteiger partial charge in [-0.2, -0.15) is 0 Å². The molecule has 0 saturated heterocycles. The second-order valence-electron chi connectivity index (χ2n) is 6.94. The van der Waals surface area contributed by atoms with Gasteiger partial charge < -0.3 is 9.32 Å². The Bertz CT molecular complexity index is 880. The number of hydrogen-bond acceptors (Lipinski definition) is 4. The summed E-state index contributed by atoms with van der Waals surface area (Å²) in [5.74, 6) is 1.37. The summed E-state index contributed by atoms with van der Waals surface area (Å²) in [4.78, 5) is 14.2. The van der Waals surface area contributed by atoms with Gasteiger partial charge in [-0.15, -0.1) is 10.2 Å². The third-order valence-electron chi connectivity index (χ3n) is 4.09. The van der Waals surface area contributed by atoms with E-state index in [-0.39, 0.29) is 5.91 Å². The Morgan fingerprint density at radius 2 is 1.46 bits per heavy atom. The monoisotopic (exact) mass is 349 g/mol. The third kappa shape index (κ3) is 3.99. The van der Waals surface area contributed by atoms with Crippen LogP contribution < -0.4 is 0 Å². The predicted octanol–water partition coefficient (Wildman–Crippen LogP) is 4.44. The van der Waals surface area contributed by atoms with E-state index in [0.29, 0.717) is 23.3 Å². The molecule has 5 nitrogen and oxygen atoms in total. The van der Waals surface area contributed by atoms with Gasteiger partial charge in [-0.3, -0.25) is 4.79 Å². The lowest BCUT2D eigenvalue weighted by atomic mass is 10.1. The molecule has 0 saturated carbocycles. The van der Waals surface area contributed by atoms with Crippen molar-refractivity contribution >= 4 is 5.91 Å². The summed E-state index contributed by atoms with van der Waals surface area (Å²) in [6.07, 6.45) is 0. The van der Waals surface area contributed by atoms with Gasteiger partial charge in [-0.25, -0.2) is 0 Å². The molecule has 0 bridgehead atoms. The standard InChI is InChI=1S/C21H23N3O2/c1-14(2)13-24(4)21(25)18-11-9-17(10-12-18)20-23-22-19(26-20)16-7-5-15(3)6-8-16/h5-12,14H,13H2,1-4H3. The maximum atomic E-state index is 12.4. The fourth-order valence-electron chi connectivity index (χ4n) is 2.76. The third-order valence-corrected chi connectivity index (χ3v) is 4.09. The van der Waals surface area contributed by atoms with Gasteiger partial charge in [0.1, 0.15) is 0 Å². The molecule has 2 aromatic carbocycles. The lowest BCUT2D eigenvalue weighted by Gasteiger charge is -2.19. The minimum atomic E-state index is 0.0103. The van der Waals surface area contributed by atoms with Crippen LogP contribution in [0.25, 0.3) is 22.9 Å². The normalized spacial score (nSPS) is 11.0. The van der Waals surface area contributed by atoms with Crippen molar-refractivity contribution in [2.45, 2.75) is 20.8 Å². The van der Waals surface area contributed by atoms with Crippen molar-refractivity contribution < 1.29 is 9.21 Å². The number of hydrogen-bond donors (Lipinski definition) is 0. The van der Waals surface area contributed by atoms with Crippen molar-refractivity contribution in [1.82, 2.24) is 15.1 Å². The van der Waals surface area contributed by atoms with Crippen LogP contribution in [-0.4, -0.2) is 34.6 Å². The van der Waals surface area contributed by atoms with Crippen LogP contribution in [0.1, 0.15) is 29.8 Å². The average Bonchev–Trinajstić information content (AvgIpc) is 3.11. The summed E-state index contributed by atoms with van der Waals surface area (Å²) in [7, 11) is 1.82. The molecule has 3 aromatic rings. The number of benzene rings is 2. The van der Waals surface area contributed by atoms with Crippen LogP contribution >= 0.6 is 0 Å². The summed E-state index contributed by atoms with van der Waals surface area (Å²) in [5, 5.41) is 8.24. The number of aryl methyl sites for hydroxylation is 1.